The minimum Gasteiger partial charge on any atom is -0.476 e. The highest BCUT2D eigenvalue weighted by Gasteiger charge is 2.13. The first-order chi connectivity index (χ1) is 8.08. The molecule has 6 heteroatoms. The SMILES string of the molecule is Cc1cccc(-c2ncc(Br)c(C(=O)O)n2)n1. The number of aromatic nitrogens is 3. The van der Waals surface area contributed by atoms with Crippen LogP contribution in [0.5, 0.6) is 0 Å². The molecule has 0 atom stereocenters. The number of nitrogens with zero attached hydrogens (tertiary/aromatic N) is 3. The number of pyridine rings is 1. The van der Waals surface area contributed by atoms with Crippen molar-refractivity contribution >= 4 is 21.9 Å². The van der Waals surface area contributed by atoms with E-state index in [0.717, 1.165) is 5.69 Å². The second kappa shape index (κ2) is 4.58. The molecule has 0 aromatic carbocycles. The Bertz CT molecular complexity index is 587. The summed E-state index contributed by atoms with van der Waals surface area (Å²) in [5.74, 6) is -0.803. The maximum atomic E-state index is 10.9. The lowest BCUT2D eigenvalue weighted by molar-refractivity contribution is 0.0689. The highest BCUT2D eigenvalue weighted by atomic mass is 79.9. The van der Waals surface area contributed by atoms with Gasteiger partial charge in [-0.05, 0) is 35.0 Å². The molecule has 0 radical (unpaired) electrons. The average Bonchev–Trinajstić information content (AvgIpc) is 2.29. The third kappa shape index (κ3) is 2.47. The molecule has 0 bridgehead atoms. The van der Waals surface area contributed by atoms with Crippen LogP contribution in [0.25, 0.3) is 11.5 Å². The van der Waals surface area contributed by atoms with Crippen molar-refractivity contribution in [3.05, 3.63) is 40.3 Å². The fourth-order valence-corrected chi connectivity index (χ4v) is 1.67. The summed E-state index contributed by atoms with van der Waals surface area (Å²) >= 11 is 3.09. The van der Waals surface area contributed by atoms with Crippen molar-refractivity contribution in [2.24, 2.45) is 0 Å². The zero-order valence-electron chi connectivity index (χ0n) is 8.88. The van der Waals surface area contributed by atoms with Crippen molar-refractivity contribution in [2.45, 2.75) is 6.92 Å². The molecule has 0 amide bonds. The van der Waals surface area contributed by atoms with Crippen LogP contribution in [-0.2, 0) is 0 Å². The number of halogens is 1. The van der Waals surface area contributed by atoms with E-state index in [1.165, 1.54) is 6.20 Å². The Morgan fingerprint density at radius 3 is 2.76 bits per heavy atom. The molecular weight excluding hydrogens is 286 g/mol. The van der Waals surface area contributed by atoms with Gasteiger partial charge in [0.05, 0.1) is 4.47 Å². The predicted molar refractivity (Wildman–Crippen MR) is 64.7 cm³/mol. The lowest BCUT2D eigenvalue weighted by Crippen LogP contribution is -2.04. The second-order valence-corrected chi connectivity index (χ2v) is 4.21. The molecule has 0 saturated heterocycles. The molecular formula is C11H8BrN3O2. The molecule has 0 aliphatic heterocycles. The third-order valence-corrected chi connectivity index (χ3v) is 2.64. The number of carboxylic acid groups (broad SMARTS) is 1. The van der Waals surface area contributed by atoms with E-state index in [-0.39, 0.29) is 5.69 Å². The summed E-state index contributed by atoms with van der Waals surface area (Å²) in [5.41, 5.74) is 1.31. The van der Waals surface area contributed by atoms with Crippen LogP contribution >= 0.6 is 15.9 Å². The van der Waals surface area contributed by atoms with Gasteiger partial charge in [0.15, 0.2) is 11.5 Å². The van der Waals surface area contributed by atoms with Crippen molar-refractivity contribution < 1.29 is 9.90 Å². The van der Waals surface area contributed by atoms with Gasteiger partial charge in [0.25, 0.3) is 0 Å². The standard InChI is InChI=1S/C11H8BrN3O2/c1-6-3-2-4-8(14-6)10-13-5-7(12)9(15-10)11(16)17/h2-5H,1H3,(H,16,17). The lowest BCUT2D eigenvalue weighted by atomic mass is 10.3. The average molecular weight is 294 g/mol. The first kappa shape index (κ1) is 11.7. The number of carbonyl (C=O) groups is 1. The Balaban J connectivity index is 2.54. The molecule has 1 N–H and O–H groups in total. The summed E-state index contributed by atoms with van der Waals surface area (Å²) in [6.45, 7) is 1.85. The van der Waals surface area contributed by atoms with E-state index < -0.39 is 5.97 Å². The van der Waals surface area contributed by atoms with Crippen molar-refractivity contribution in [1.29, 1.82) is 0 Å². The summed E-state index contributed by atoms with van der Waals surface area (Å²) in [6.07, 6.45) is 1.41. The Morgan fingerprint density at radius 2 is 2.12 bits per heavy atom. The number of aromatic carboxylic acids is 1. The summed E-state index contributed by atoms with van der Waals surface area (Å²) < 4.78 is 0.349. The molecule has 0 aliphatic carbocycles. The molecule has 0 aliphatic rings. The summed E-state index contributed by atoms with van der Waals surface area (Å²) in [7, 11) is 0. The zero-order valence-corrected chi connectivity index (χ0v) is 10.5. The maximum absolute atomic E-state index is 10.9. The molecule has 5 nitrogen and oxygen atoms in total. The Labute approximate surface area is 106 Å². The Hall–Kier alpha value is -1.82. The van der Waals surface area contributed by atoms with Crippen LogP contribution in [-0.4, -0.2) is 26.0 Å². The molecule has 2 heterocycles. The number of hydrogen-bond acceptors (Lipinski definition) is 4. The number of aryl methyl sites for hydroxylation is 1. The maximum Gasteiger partial charge on any atom is 0.355 e. The van der Waals surface area contributed by atoms with Crippen LogP contribution in [0.3, 0.4) is 0 Å². The van der Waals surface area contributed by atoms with Gasteiger partial charge in [-0.25, -0.2) is 19.7 Å². The van der Waals surface area contributed by atoms with E-state index in [1.807, 2.05) is 19.1 Å². The van der Waals surface area contributed by atoms with Gasteiger partial charge in [0.1, 0.15) is 5.69 Å². The minimum absolute atomic E-state index is 0.0710. The van der Waals surface area contributed by atoms with Crippen molar-refractivity contribution in [2.75, 3.05) is 0 Å². The van der Waals surface area contributed by atoms with Crippen molar-refractivity contribution in [1.82, 2.24) is 15.0 Å². The van der Waals surface area contributed by atoms with Gasteiger partial charge in [-0.3, -0.25) is 0 Å². The van der Waals surface area contributed by atoms with Crippen molar-refractivity contribution in [3.63, 3.8) is 0 Å². The van der Waals surface area contributed by atoms with E-state index in [9.17, 15) is 4.79 Å². The highest BCUT2D eigenvalue weighted by Crippen LogP contribution is 2.18. The smallest absolute Gasteiger partial charge is 0.355 e. The van der Waals surface area contributed by atoms with E-state index in [2.05, 4.69) is 30.9 Å². The highest BCUT2D eigenvalue weighted by molar-refractivity contribution is 9.10. The van der Waals surface area contributed by atoms with E-state index in [1.54, 1.807) is 6.07 Å². The van der Waals surface area contributed by atoms with Gasteiger partial charge in [0, 0.05) is 11.9 Å². The normalized spacial score (nSPS) is 10.2. The Morgan fingerprint density at radius 1 is 1.35 bits per heavy atom. The molecule has 0 spiro atoms. The van der Waals surface area contributed by atoms with Crippen LogP contribution in [0, 0.1) is 6.92 Å². The monoisotopic (exact) mass is 293 g/mol. The molecule has 2 aromatic rings. The van der Waals surface area contributed by atoms with E-state index >= 15 is 0 Å². The summed E-state index contributed by atoms with van der Waals surface area (Å²) in [5, 5.41) is 8.95. The van der Waals surface area contributed by atoms with Crippen LogP contribution in [0.2, 0.25) is 0 Å². The van der Waals surface area contributed by atoms with Gasteiger partial charge in [-0.1, -0.05) is 6.07 Å². The number of rotatable bonds is 2. The van der Waals surface area contributed by atoms with Gasteiger partial charge in [-0.15, -0.1) is 0 Å². The van der Waals surface area contributed by atoms with Crippen LogP contribution < -0.4 is 0 Å². The predicted octanol–water partition coefficient (Wildman–Crippen LogP) is 2.31. The fourth-order valence-electron chi connectivity index (χ4n) is 1.31. The quantitative estimate of drug-likeness (QED) is 0.919. The Kier molecular flexibility index (Phi) is 3.14. The molecule has 86 valence electrons. The van der Waals surface area contributed by atoms with Crippen molar-refractivity contribution in [3.8, 4) is 11.5 Å². The lowest BCUT2D eigenvalue weighted by Gasteiger charge is -2.03. The van der Waals surface area contributed by atoms with Crippen LogP contribution in [0.1, 0.15) is 16.2 Å². The minimum atomic E-state index is -1.10. The van der Waals surface area contributed by atoms with Gasteiger partial charge >= 0.3 is 5.97 Å². The van der Waals surface area contributed by atoms with Gasteiger partial charge in [-0.2, -0.15) is 0 Å². The molecule has 0 fully saturated rings. The number of carboxylic acids is 1. The molecule has 17 heavy (non-hydrogen) atoms. The third-order valence-electron chi connectivity index (χ3n) is 2.06. The van der Waals surface area contributed by atoms with Gasteiger partial charge in [0.2, 0.25) is 0 Å². The molecule has 0 unspecified atom stereocenters. The molecule has 0 saturated carbocycles. The molecule has 2 rings (SSSR count). The first-order valence-corrected chi connectivity index (χ1v) is 5.57. The second-order valence-electron chi connectivity index (χ2n) is 3.36. The summed E-state index contributed by atoms with van der Waals surface area (Å²) in [4.78, 5) is 23.2. The van der Waals surface area contributed by atoms with E-state index in [0.29, 0.717) is 16.0 Å². The largest absolute Gasteiger partial charge is 0.476 e. The zero-order chi connectivity index (χ0) is 12.4. The molecule has 2 aromatic heterocycles. The fraction of sp³-hybridized carbons (Fsp3) is 0.0909. The van der Waals surface area contributed by atoms with Crippen LogP contribution in [0.4, 0.5) is 0 Å². The van der Waals surface area contributed by atoms with Crippen LogP contribution in [0.15, 0.2) is 28.9 Å². The van der Waals surface area contributed by atoms with E-state index in [4.69, 9.17) is 5.11 Å². The summed E-state index contributed by atoms with van der Waals surface area (Å²) in [6, 6.07) is 5.41. The van der Waals surface area contributed by atoms with Gasteiger partial charge < -0.3 is 5.11 Å². The topological polar surface area (TPSA) is 76.0 Å². The first-order valence-electron chi connectivity index (χ1n) is 4.78. The number of hydrogen-bond donors (Lipinski definition) is 1.